The van der Waals surface area contributed by atoms with Gasteiger partial charge in [-0.25, -0.2) is 4.39 Å². The first-order valence-electron chi connectivity index (χ1n) is 10.7. The van der Waals surface area contributed by atoms with E-state index in [0.29, 0.717) is 24.3 Å². The highest BCUT2D eigenvalue weighted by Crippen LogP contribution is 2.41. The minimum absolute atomic E-state index is 0.00326. The van der Waals surface area contributed by atoms with Gasteiger partial charge in [0, 0.05) is 6.54 Å². The second-order valence-electron chi connectivity index (χ2n) is 7.93. The van der Waals surface area contributed by atoms with Gasteiger partial charge in [-0.3, -0.25) is 9.59 Å². The summed E-state index contributed by atoms with van der Waals surface area (Å²) in [5.41, 5.74) is 0.576. The highest BCUT2D eigenvalue weighted by Gasteiger charge is 2.46. The quantitative estimate of drug-likeness (QED) is 0.360. The Balaban J connectivity index is 2.16. The summed E-state index contributed by atoms with van der Waals surface area (Å²) in [7, 11) is 1.38. The van der Waals surface area contributed by atoms with Crippen LogP contribution in [0.4, 0.5) is 4.39 Å². The molecule has 7 heteroatoms. The number of hydrogen-bond acceptors (Lipinski definition) is 5. The first kappa shape index (κ1) is 23.3. The number of ether oxygens (including phenoxy) is 2. The number of halogens is 1. The molecule has 1 atom stereocenters. The summed E-state index contributed by atoms with van der Waals surface area (Å²) >= 11 is 0. The predicted molar refractivity (Wildman–Crippen MR) is 119 cm³/mol. The maximum absolute atomic E-state index is 14.0. The lowest BCUT2D eigenvalue weighted by Gasteiger charge is -2.25. The molecule has 2 aromatic rings. The molecule has 0 saturated carbocycles. The van der Waals surface area contributed by atoms with E-state index < -0.39 is 29.3 Å². The van der Waals surface area contributed by atoms with Crippen molar-refractivity contribution in [3.05, 3.63) is 65.0 Å². The average molecular weight is 441 g/mol. The third-order valence-electron chi connectivity index (χ3n) is 5.28. The van der Waals surface area contributed by atoms with Crippen LogP contribution in [0.5, 0.6) is 11.5 Å². The van der Waals surface area contributed by atoms with Crippen LogP contribution in [0.3, 0.4) is 0 Å². The molecule has 1 aliphatic rings. The molecular formula is C25H28FNO5. The van der Waals surface area contributed by atoms with E-state index in [2.05, 4.69) is 0 Å². The van der Waals surface area contributed by atoms with Gasteiger partial charge in [-0.1, -0.05) is 25.5 Å². The SMILES string of the molecule is CCCCN1C(=O)C(=O)/C(=C(/O)c2cc(F)ccc2OC)C1c1ccc(OC(C)C)cc1. The van der Waals surface area contributed by atoms with Crippen molar-refractivity contribution in [1.29, 1.82) is 0 Å². The minimum atomic E-state index is -0.808. The molecule has 0 bridgehead atoms. The van der Waals surface area contributed by atoms with E-state index in [0.717, 1.165) is 12.5 Å². The molecule has 0 spiro atoms. The lowest BCUT2D eigenvalue weighted by molar-refractivity contribution is -0.139. The van der Waals surface area contributed by atoms with Crippen LogP contribution in [0.25, 0.3) is 5.76 Å². The number of rotatable bonds is 8. The summed E-state index contributed by atoms with van der Waals surface area (Å²) in [5.74, 6) is -1.71. The zero-order chi connectivity index (χ0) is 23.4. The van der Waals surface area contributed by atoms with Crippen LogP contribution in [0.15, 0.2) is 48.0 Å². The van der Waals surface area contributed by atoms with Gasteiger partial charge in [0.25, 0.3) is 11.7 Å². The average Bonchev–Trinajstić information content (AvgIpc) is 3.02. The molecule has 1 saturated heterocycles. The fourth-order valence-electron chi connectivity index (χ4n) is 3.80. The highest BCUT2D eigenvalue weighted by molar-refractivity contribution is 6.46. The number of benzene rings is 2. The maximum atomic E-state index is 14.0. The third-order valence-corrected chi connectivity index (χ3v) is 5.28. The molecule has 1 unspecified atom stereocenters. The van der Waals surface area contributed by atoms with Crippen LogP contribution in [0, 0.1) is 5.82 Å². The van der Waals surface area contributed by atoms with Crippen molar-refractivity contribution >= 4 is 17.4 Å². The van der Waals surface area contributed by atoms with Crippen LogP contribution >= 0.6 is 0 Å². The highest BCUT2D eigenvalue weighted by atomic mass is 19.1. The van der Waals surface area contributed by atoms with Crippen molar-refractivity contribution in [2.45, 2.75) is 45.8 Å². The van der Waals surface area contributed by atoms with Gasteiger partial charge in [0.1, 0.15) is 23.1 Å². The Morgan fingerprint density at radius 1 is 1.16 bits per heavy atom. The Morgan fingerprint density at radius 3 is 2.44 bits per heavy atom. The number of Topliss-reactive ketones (excluding diaryl/α,β-unsaturated/α-hetero) is 1. The summed E-state index contributed by atoms with van der Waals surface area (Å²) in [5, 5.41) is 11.1. The van der Waals surface area contributed by atoms with Gasteiger partial charge >= 0.3 is 0 Å². The Bertz CT molecular complexity index is 1030. The Kier molecular flexibility index (Phi) is 7.18. The number of unbranched alkanes of at least 4 members (excludes halogenated alkanes) is 1. The molecule has 3 rings (SSSR count). The van der Waals surface area contributed by atoms with E-state index in [1.54, 1.807) is 24.3 Å². The van der Waals surface area contributed by atoms with Crippen LogP contribution in [-0.2, 0) is 9.59 Å². The number of methoxy groups -OCH3 is 1. The summed E-state index contributed by atoms with van der Waals surface area (Å²) < 4.78 is 24.9. The van der Waals surface area contributed by atoms with Crippen LogP contribution in [0.1, 0.15) is 50.8 Å². The van der Waals surface area contributed by atoms with Crippen LogP contribution in [0.2, 0.25) is 0 Å². The van der Waals surface area contributed by atoms with Crippen LogP contribution < -0.4 is 9.47 Å². The number of amides is 1. The largest absolute Gasteiger partial charge is 0.507 e. The molecule has 32 heavy (non-hydrogen) atoms. The monoisotopic (exact) mass is 441 g/mol. The van der Waals surface area contributed by atoms with E-state index in [1.807, 2.05) is 20.8 Å². The standard InChI is InChI=1S/C25H28FNO5/c1-5-6-13-27-22(16-7-10-18(11-8-16)32-15(2)3)21(24(29)25(27)30)23(28)19-14-17(26)9-12-20(19)31-4/h7-12,14-15,22,28H,5-6,13H2,1-4H3/b23-21+. The summed E-state index contributed by atoms with van der Waals surface area (Å²) in [6.45, 7) is 6.17. The second kappa shape index (κ2) is 9.85. The number of ketones is 1. The number of carbonyl (C=O) groups is 2. The zero-order valence-corrected chi connectivity index (χ0v) is 18.7. The third kappa shape index (κ3) is 4.61. The summed E-state index contributed by atoms with van der Waals surface area (Å²) in [6, 6.07) is 9.90. The van der Waals surface area contributed by atoms with E-state index >= 15 is 0 Å². The fourth-order valence-corrected chi connectivity index (χ4v) is 3.80. The van der Waals surface area contributed by atoms with Crippen LogP contribution in [-0.4, -0.2) is 41.5 Å². The van der Waals surface area contributed by atoms with Gasteiger partial charge in [-0.05, 0) is 56.2 Å². The topological polar surface area (TPSA) is 76.1 Å². The lowest BCUT2D eigenvalue weighted by Crippen LogP contribution is -2.30. The molecule has 0 aliphatic carbocycles. The Morgan fingerprint density at radius 2 is 1.84 bits per heavy atom. The summed E-state index contributed by atoms with van der Waals surface area (Å²) in [4.78, 5) is 27.3. The van der Waals surface area contributed by atoms with Gasteiger partial charge < -0.3 is 19.5 Å². The van der Waals surface area contributed by atoms with E-state index in [1.165, 1.54) is 24.1 Å². The normalized spacial score (nSPS) is 17.8. The van der Waals surface area contributed by atoms with Gasteiger partial charge in [-0.15, -0.1) is 0 Å². The number of aliphatic hydroxyl groups is 1. The molecule has 1 aliphatic heterocycles. The molecule has 1 fully saturated rings. The molecule has 6 nitrogen and oxygen atoms in total. The second-order valence-corrected chi connectivity index (χ2v) is 7.93. The lowest BCUT2D eigenvalue weighted by atomic mass is 9.94. The smallest absolute Gasteiger partial charge is 0.295 e. The zero-order valence-electron chi connectivity index (χ0n) is 18.7. The Labute approximate surface area is 187 Å². The van der Waals surface area contributed by atoms with Crippen molar-refractivity contribution in [3.63, 3.8) is 0 Å². The molecule has 0 radical (unpaired) electrons. The maximum Gasteiger partial charge on any atom is 0.295 e. The van der Waals surface area contributed by atoms with Crippen molar-refractivity contribution < 1.29 is 28.6 Å². The van der Waals surface area contributed by atoms with E-state index in [-0.39, 0.29) is 23.0 Å². The van der Waals surface area contributed by atoms with Gasteiger partial charge in [0.05, 0.1) is 30.4 Å². The number of aliphatic hydroxyl groups excluding tert-OH is 1. The fraction of sp³-hybridized carbons (Fsp3) is 0.360. The molecule has 1 N–H and O–H groups in total. The molecule has 1 heterocycles. The number of likely N-dealkylation sites (tertiary alicyclic amines) is 1. The van der Waals surface area contributed by atoms with Gasteiger partial charge in [0.2, 0.25) is 0 Å². The van der Waals surface area contributed by atoms with Crippen molar-refractivity contribution in [3.8, 4) is 11.5 Å². The first-order valence-corrected chi connectivity index (χ1v) is 10.7. The molecule has 2 aromatic carbocycles. The number of nitrogens with zero attached hydrogens (tertiary/aromatic N) is 1. The van der Waals surface area contributed by atoms with Gasteiger partial charge in [0.15, 0.2) is 0 Å². The summed E-state index contributed by atoms with van der Waals surface area (Å²) in [6.07, 6.45) is 1.52. The first-order chi connectivity index (χ1) is 15.3. The predicted octanol–water partition coefficient (Wildman–Crippen LogP) is 4.84. The minimum Gasteiger partial charge on any atom is -0.507 e. The van der Waals surface area contributed by atoms with Crippen molar-refractivity contribution in [1.82, 2.24) is 4.90 Å². The number of carbonyl (C=O) groups excluding carboxylic acids is 2. The molecule has 1 amide bonds. The molecule has 170 valence electrons. The number of hydrogen-bond donors (Lipinski definition) is 1. The van der Waals surface area contributed by atoms with Gasteiger partial charge in [-0.2, -0.15) is 0 Å². The Hall–Kier alpha value is -3.35. The van der Waals surface area contributed by atoms with E-state index in [4.69, 9.17) is 9.47 Å². The molecule has 0 aromatic heterocycles. The molecular weight excluding hydrogens is 413 g/mol. The van der Waals surface area contributed by atoms with Crippen molar-refractivity contribution in [2.75, 3.05) is 13.7 Å². The van der Waals surface area contributed by atoms with Crippen molar-refractivity contribution in [2.24, 2.45) is 0 Å². The van der Waals surface area contributed by atoms with E-state index in [9.17, 15) is 19.1 Å².